The minimum atomic E-state index is -4.79. The number of aliphatic hydroxyl groups is 1. The van der Waals surface area contributed by atoms with Crippen molar-refractivity contribution in [3.8, 4) is 22.6 Å². The molecule has 1 aliphatic rings. The fourth-order valence-electron chi connectivity index (χ4n) is 3.14. The van der Waals surface area contributed by atoms with Crippen molar-refractivity contribution in [2.24, 2.45) is 0 Å². The average Bonchev–Trinajstić information content (AvgIpc) is 3.14. The third-order valence-corrected chi connectivity index (χ3v) is 6.10. The van der Waals surface area contributed by atoms with Crippen LogP contribution >= 0.6 is 11.6 Å². The van der Waals surface area contributed by atoms with Crippen molar-refractivity contribution >= 4 is 21.6 Å². The number of rotatable bonds is 7. The van der Waals surface area contributed by atoms with E-state index >= 15 is 0 Å². The topological polar surface area (TPSA) is 84.9 Å². The molecule has 1 aliphatic heterocycles. The van der Waals surface area contributed by atoms with Crippen molar-refractivity contribution in [2.45, 2.75) is 25.9 Å². The molecule has 0 amide bonds. The second-order valence-corrected chi connectivity index (χ2v) is 8.63. The summed E-state index contributed by atoms with van der Waals surface area (Å²) in [6.07, 6.45) is -4.27. The Morgan fingerprint density at radius 2 is 1.93 bits per heavy atom. The van der Waals surface area contributed by atoms with Crippen LogP contribution in [0.4, 0.5) is 13.2 Å². The first-order chi connectivity index (χ1) is 13.6. The summed E-state index contributed by atoms with van der Waals surface area (Å²) in [6, 6.07) is 6.90. The number of hydrogen-bond donors (Lipinski definition) is 2. The maximum atomic E-state index is 12.4. The highest BCUT2D eigenvalue weighted by Crippen LogP contribution is 2.41. The minimum Gasteiger partial charge on any atom is -0.492 e. The third-order valence-electron chi connectivity index (χ3n) is 4.37. The first-order valence-electron chi connectivity index (χ1n) is 8.44. The van der Waals surface area contributed by atoms with Crippen molar-refractivity contribution in [3.63, 3.8) is 0 Å². The molecule has 2 N–H and O–H groups in total. The van der Waals surface area contributed by atoms with Gasteiger partial charge in [-0.2, -0.15) is 0 Å². The molecule has 0 saturated heterocycles. The molecular weight excluding hydrogens is 435 g/mol. The maximum Gasteiger partial charge on any atom is 0.573 e. The molecule has 0 saturated carbocycles. The average molecular weight is 452 g/mol. The van der Waals surface area contributed by atoms with Crippen molar-refractivity contribution in [1.29, 1.82) is 0 Å². The molecule has 158 valence electrons. The van der Waals surface area contributed by atoms with Crippen molar-refractivity contribution < 1.29 is 36.2 Å². The second kappa shape index (κ2) is 8.39. The van der Waals surface area contributed by atoms with E-state index in [1.807, 2.05) is 0 Å². The Kier molecular flexibility index (Phi) is 6.27. The highest BCUT2D eigenvalue weighted by molar-refractivity contribution is 7.90. The first kappa shape index (κ1) is 21.7. The van der Waals surface area contributed by atoms with Gasteiger partial charge in [-0.1, -0.05) is 12.1 Å². The van der Waals surface area contributed by atoms with Crippen LogP contribution in [0.2, 0.25) is 0 Å². The van der Waals surface area contributed by atoms with Gasteiger partial charge in [0.15, 0.2) is 0 Å². The lowest BCUT2D eigenvalue weighted by molar-refractivity contribution is -0.274. The van der Waals surface area contributed by atoms with Gasteiger partial charge in [-0.3, -0.25) is 0 Å². The summed E-state index contributed by atoms with van der Waals surface area (Å²) in [4.78, 5) is 0. The molecule has 3 rings (SSSR count). The van der Waals surface area contributed by atoms with E-state index in [0.717, 1.165) is 5.56 Å². The van der Waals surface area contributed by atoms with Crippen LogP contribution in [-0.4, -0.2) is 31.7 Å². The van der Waals surface area contributed by atoms with E-state index in [-0.39, 0.29) is 18.9 Å². The summed E-state index contributed by atoms with van der Waals surface area (Å²) in [5.41, 5.74) is 2.95. The van der Waals surface area contributed by atoms with Gasteiger partial charge in [-0.05, 0) is 34.9 Å². The fourth-order valence-corrected chi connectivity index (χ4v) is 3.82. The van der Waals surface area contributed by atoms with E-state index in [1.165, 1.54) is 24.3 Å². The molecule has 11 heteroatoms. The number of benzene rings is 2. The summed E-state index contributed by atoms with van der Waals surface area (Å²) in [6.45, 7) is -0.0375. The van der Waals surface area contributed by atoms with Gasteiger partial charge < -0.3 is 14.6 Å². The molecule has 29 heavy (non-hydrogen) atoms. The number of sulfonamides is 1. The number of aliphatic hydroxyl groups excluding tert-OH is 1. The number of fused-ring (bicyclic) bond motifs is 1. The lowest BCUT2D eigenvalue weighted by Gasteiger charge is -2.17. The second-order valence-electron chi connectivity index (χ2n) is 6.24. The zero-order chi connectivity index (χ0) is 21.2. The van der Waals surface area contributed by atoms with Gasteiger partial charge >= 0.3 is 6.36 Å². The number of ether oxygens (including phenoxy) is 2. The summed E-state index contributed by atoms with van der Waals surface area (Å²) < 4.78 is 72.3. The predicted octanol–water partition coefficient (Wildman–Crippen LogP) is 3.30. The Bertz CT molecular complexity index is 994. The van der Waals surface area contributed by atoms with Gasteiger partial charge in [0.25, 0.3) is 0 Å². The van der Waals surface area contributed by atoms with E-state index < -0.39 is 21.6 Å². The van der Waals surface area contributed by atoms with E-state index in [4.69, 9.17) is 16.3 Å². The Morgan fingerprint density at radius 3 is 2.52 bits per heavy atom. The monoisotopic (exact) mass is 451 g/mol. The van der Waals surface area contributed by atoms with Crippen LogP contribution in [0.25, 0.3) is 11.1 Å². The SMILES string of the molecule is O=S(=O)(CCl)NCc1cc(-c2ccc(OC(F)(F)F)cc2)c2c(c1CO)CCO2. The normalized spacial score (nSPS) is 13.8. The van der Waals surface area contributed by atoms with Crippen LogP contribution in [0, 0.1) is 0 Å². The van der Waals surface area contributed by atoms with Gasteiger partial charge in [0.05, 0.1) is 13.2 Å². The zero-order valence-corrected chi connectivity index (χ0v) is 16.5. The van der Waals surface area contributed by atoms with Crippen molar-refractivity contribution in [2.75, 3.05) is 11.8 Å². The lowest BCUT2D eigenvalue weighted by Crippen LogP contribution is -2.24. The summed E-state index contributed by atoms with van der Waals surface area (Å²) >= 11 is 5.40. The highest BCUT2D eigenvalue weighted by atomic mass is 35.5. The van der Waals surface area contributed by atoms with Crippen LogP contribution in [-0.2, 0) is 29.6 Å². The van der Waals surface area contributed by atoms with E-state index in [2.05, 4.69) is 9.46 Å². The van der Waals surface area contributed by atoms with E-state index in [1.54, 1.807) is 6.07 Å². The molecule has 0 spiro atoms. The minimum absolute atomic E-state index is 0.0967. The number of alkyl halides is 4. The largest absolute Gasteiger partial charge is 0.573 e. The molecule has 0 radical (unpaired) electrons. The highest BCUT2D eigenvalue weighted by Gasteiger charge is 2.31. The van der Waals surface area contributed by atoms with Crippen molar-refractivity contribution in [1.82, 2.24) is 4.72 Å². The van der Waals surface area contributed by atoms with Crippen LogP contribution in [0.1, 0.15) is 16.7 Å². The molecule has 2 aromatic rings. The quantitative estimate of drug-likeness (QED) is 0.631. The third kappa shape index (κ3) is 5.13. The van der Waals surface area contributed by atoms with Gasteiger partial charge in [0.1, 0.15) is 16.7 Å². The summed E-state index contributed by atoms with van der Waals surface area (Å²) in [7, 11) is -3.68. The first-order valence-corrected chi connectivity index (χ1v) is 10.6. The standard InChI is InChI=1S/C18H17ClF3NO5S/c19-10-29(25,26)23-8-12-7-15(17-14(5-6-27-17)16(12)9-24)11-1-3-13(4-2-11)28-18(20,21)22/h1-4,7,23-24H,5-6,8-10H2. The molecule has 2 aromatic carbocycles. The lowest BCUT2D eigenvalue weighted by atomic mass is 9.92. The van der Waals surface area contributed by atoms with Crippen LogP contribution in [0.15, 0.2) is 30.3 Å². The van der Waals surface area contributed by atoms with Gasteiger partial charge in [0.2, 0.25) is 10.0 Å². The molecule has 0 bridgehead atoms. The van der Waals surface area contributed by atoms with Crippen molar-refractivity contribution in [3.05, 3.63) is 47.0 Å². The molecule has 0 unspecified atom stereocenters. The van der Waals surface area contributed by atoms with Crippen LogP contribution < -0.4 is 14.2 Å². The molecule has 1 heterocycles. The zero-order valence-electron chi connectivity index (χ0n) is 14.9. The Balaban J connectivity index is 2.00. The molecular formula is C18H17ClF3NO5S. The van der Waals surface area contributed by atoms with Gasteiger partial charge in [-0.25, -0.2) is 13.1 Å². The molecule has 0 aromatic heterocycles. The van der Waals surface area contributed by atoms with E-state index in [9.17, 15) is 26.7 Å². The van der Waals surface area contributed by atoms with Gasteiger partial charge in [-0.15, -0.1) is 24.8 Å². The van der Waals surface area contributed by atoms with Crippen LogP contribution in [0.5, 0.6) is 11.5 Å². The predicted molar refractivity (Wildman–Crippen MR) is 100 cm³/mol. The molecule has 0 aliphatic carbocycles. The number of nitrogens with one attached hydrogen (secondary N) is 1. The molecule has 6 nitrogen and oxygen atoms in total. The smallest absolute Gasteiger partial charge is 0.492 e. The maximum absolute atomic E-state index is 12.4. The summed E-state index contributed by atoms with van der Waals surface area (Å²) in [5, 5.41) is 9.19. The Hall–Kier alpha value is -2.01. The van der Waals surface area contributed by atoms with Crippen LogP contribution in [0.3, 0.4) is 0 Å². The van der Waals surface area contributed by atoms with Gasteiger partial charge in [0, 0.05) is 24.1 Å². The summed E-state index contributed by atoms with van der Waals surface area (Å²) in [5.74, 6) is 0.156. The number of halogens is 4. The van der Waals surface area contributed by atoms with E-state index in [0.29, 0.717) is 41.0 Å². The molecule has 0 atom stereocenters. The fraction of sp³-hybridized carbons (Fsp3) is 0.333. The molecule has 0 fully saturated rings. The Labute approximate surface area is 170 Å². The Morgan fingerprint density at radius 1 is 1.24 bits per heavy atom. The number of hydrogen-bond acceptors (Lipinski definition) is 5.